The van der Waals surface area contributed by atoms with Gasteiger partial charge in [-0.2, -0.15) is 0 Å². The summed E-state index contributed by atoms with van der Waals surface area (Å²) in [6.45, 7) is 2.57. The van der Waals surface area contributed by atoms with E-state index in [0.717, 1.165) is 13.0 Å². The van der Waals surface area contributed by atoms with Crippen LogP contribution in [-0.4, -0.2) is 46.8 Å². The van der Waals surface area contributed by atoms with Crippen molar-refractivity contribution in [2.24, 2.45) is 5.73 Å². The van der Waals surface area contributed by atoms with Gasteiger partial charge in [0, 0.05) is 55.1 Å². The number of amidine groups is 1. The summed E-state index contributed by atoms with van der Waals surface area (Å²) >= 11 is 0. The topological polar surface area (TPSA) is 134 Å². The number of nitrogens with one attached hydrogen (secondary N) is 2. The number of esters is 1. The van der Waals surface area contributed by atoms with Crippen LogP contribution < -0.4 is 16.0 Å². The van der Waals surface area contributed by atoms with Crippen molar-refractivity contribution in [3.8, 4) is 11.1 Å². The summed E-state index contributed by atoms with van der Waals surface area (Å²) in [6.07, 6.45) is 3.55. The first-order valence-electron chi connectivity index (χ1n) is 9.44. The predicted molar refractivity (Wildman–Crippen MR) is 108 cm³/mol. The molecule has 4 N–H and O–H groups in total. The van der Waals surface area contributed by atoms with Gasteiger partial charge in [0.1, 0.15) is 24.7 Å². The maximum absolute atomic E-state index is 14.9. The van der Waals surface area contributed by atoms with Crippen molar-refractivity contribution in [3.63, 3.8) is 0 Å². The third-order valence-electron chi connectivity index (χ3n) is 4.63. The SMILES string of the molecule is CC(=O)NC1CCN(c2ncc(-c3cccc(COC(=O)CC(=N)N)c3F)cn2)C1. The van der Waals surface area contributed by atoms with Gasteiger partial charge in [-0.1, -0.05) is 18.2 Å². The standard InChI is InChI=1S/C20H23FN6O3/c1-12(28)26-15-5-6-27(10-15)20-24-8-14(9-25-20)16-4-2-3-13(19(16)21)11-30-18(29)7-17(22)23/h2-4,8-9,15H,5-7,10-11H2,1H3,(H3,22,23)(H,26,28). The number of hydrogen-bond donors (Lipinski definition) is 3. The Labute approximate surface area is 173 Å². The molecule has 2 aromatic rings. The molecule has 1 fully saturated rings. The van der Waals surface area contributed by atoms with E-state index in [2.05, 4.69) is 15.3 Å². The molecule has 0 aliphatic carbocycles. The second-order valence-electron chi connectivity index (χ2n) is 7.05. The third kappa shape index (κ3) is 5.28. The molecule has 1 aliphatic rings. The monoisotopic (exact) mass is 414 g/mol. The van der Waals surface area contributed by atoms with Gasteiger partial charge in [-0.15, -0.1) is 0 Å². The molecular weight excluding hydrogens is 391 g/mol. The highest BCUT2D eigenvalue weighted by molar-refractivity contribution is 5.94. The van der Waals surface area contributed by atoms with E-state index >= 15 is 0 Å². The number of halogens is 1. The van der Waals surface area contributed by atoms with E-state index in [1.165, 1.54) is 25.4 Å². The smallest absolute Gasteiger partial charge is 0.313 e. The summed E-state index contributed by atoms with van der Waals surface area (Å²) < 4.78 is 19.8. The van der Waals surface area contributed by atoms with Crippen LogP contribution in [0.15, 0.2) is 30.6 Å². The first-order valence-corrected chi connectivity index (χ1v) is 9.44. The van der Waals surface area contributed by atoms with Gasteiger partial charge < -0.3 is 20.7 Å². The number of rotatable bonds is 7. The molecule has 2 heterocycles. The quantitative estimate of drug-likeness (QED) is 0.354. The highest BCUT2D eigenvalue weighted by Gasteiger charge is 2.25. The van der Waals surface area contributed by atoms with E-state index in [-0.39, 0.29) is 36.4 Å². The molecule has 30 heavy (non-hydrogen) atoms. The number of amides is 1. The minimum absolute atomic E-state index is 0.0608. The van der Waals surface area contributed by atoms with Gasteiger partial charge in [0.2, 0.25) is 11.9 Å². The molecular formula is C20H23FN6O3. The average Bonchev–Trinajstić information content (AvgIpc) is 3.14. The van der Waals surface area contributed by atoms with Crippen LogP contribution in [-0.2, 0) is 20.9 Å². The summed E-state index contributed by atoms with van der Waals surface area (Å²) in [6, 6.07) is 4.82. The van der Waals surface area contributed by atoms with Gasteiger partial charge in [0.25, 0.3) is 0 Å². The molecule has 1 aromatic heterocycles. The molecule has 1 aromatic carbocycles. The van der Waals surface area contributed by atoms with E-state index in [4.69, 9.17) is 15.9 Å². The second kappa shape index (κ2) is 9.29. The zero-order chi connectivity index (χ0) is 21.7. The summed E-state index contributed by atoms with van der Waals surface area (Å²) in [7, 11) is 0. The largest absolute Gasteiger partial charge is 0.460 e. The summed E-state index contributed by atoms with van der Waals surface area (Å²) in [5, 5.41) is 9.97. The van der Waals surface area contributed by atoms with Crippen molar-refractivity contribution >= 4 is 23.7 Å². The minimum atomic E-state index is -0.692. The van der Waals surface area contributed by atoms with Gasteiger partial charge in [0.15, 0.2) is 0 Å². The van der Waals surface area contributed by atoms with Crippen LogP contribution in [0.3, 0.4) is 0 Å². The van der Waals surface area contributed by atoms with Gasteiger partial charge in [-0.3, -0.25) is 15.0 Å². The van der Waals surface area contributed by atoms with E-state index in [0.29, 0.717) is 23.6 Å². The Morgan fingerprint density at radius 2 is 2.10 bits per heavy atom. The fraction of sp³-hybridized carbons (Fsp3) is 0.350. The number of ether oxygens (including phenoxy) is 1. The van der Waals surface area contributed by atoms with E-state index in [9.17, 15) is 14.0 Å². The summed E-state index contributed by atoms with van der Waals surface area (Å²) in [5.74, 6) is -1.09. The Hall–Kier alpha value is -3.56. The first-order chi connectivity index (χ1) is 14.3. The van der Waals surface area contributed by atoms with Gasteiger partial charge in [-0.05, 0) is 6.42 Å². The molecule has 0 spiro atoms. The minimum Gasteiger partial charge on any atom is -0.460 e. The maximum atomic E-state index is 14.9. The van der Waals surface area contributed by atoms with Gasteiger partial charge in [0.05, 0.1) is 0 Å². The van der Waals surface area contributed by atoms with Crippen molar-refractivity contribution in [3.05, 3.63) is 42.0 Å². The summed E-state index contributed by atoms with van der Waals surface area (Å²) in [5.41, 5.74) is 6.13. The fourth-order valence-corrected chi connectivity index (χ4v) is 3.25. The van der Waals surface area contributed by atoms with E-state index in [1.54, 1.807) is 12.1 Å². The lowest BCUT2D eigenvalue weighted by Gasteiger charge is -2.17. The number of aromatic nitrogens is 2. The number of nitrogens with two attached hydrogens (primary N) is 1. The maximum Gasteiger partial charge on any atom is 0.313 e. The first kappa shape index (κ1) is 21.2. The summed E-state index contributed by atoms with van der Waals surface area (Å²) in [4.78, 5) is 33.4. The number of benzene rings is 1. The fourth-order valence-electron chi connectivity index (χ4n) is 3.25. The van der Waals surface area contributed by atoms with Gasteiger partial charge >= 0.3 is 5.97 Å². The molecule has 9 nitrogen and oxygen atoms in total. The van der Waals surface area contributed by atoms with Crippen molar-refractivity contribution < 1.29 is 18.7 Å². The number of nitrogens with zero attached hydrogens (tertiary/aromatic N) is 3. The van der Waals surface area contributed by atoms with Crippen LogP contribution in [0, 0.1) is 11.2 Å². The Kier molecular flexibility index (Phi) is 6.55. The third-order valence-corrected chi connectivity index (χ3v) is 4.63. The zero-order valence-corrected chi connectivity index (χ0v) is 16.5. The lowest BCUT2D eigenvalue weighted by molar-refractivity contribution is -0.143. The molecule has 158 valence electrons. The molecule has 1 atom stereocenters. The Bertz CT molecular complexity index is 950. The molecule has 1 unspecified atom stereocenters. The lowest BCUT2D eigenvalue weighted by Crippen LogP contribution is -2.35. The lowest BCUT2D eigenvalue weighted by atomic mass is 10.1. The molecule has 1 saturated heterocycles. The Morgan fingerprint density at radius 3 is 2.77 bits per heavy atom. The van der Waals surface area contributed by atoms with Crippen molar-refractivity contribution in [1.29, 1.82) is 5.41 Å². The van der Waals surface area contributed by atoms with Crippen LogP contribution in [0.25, 0.3) is 11.1 Å². The predicted octanol–water partition coefficient (Wildman–Crippen LogP) is 1.37. The second-order valence-corrected chi connectivity index (χ2v) is 7.05. The number of carbonyl (C=O) groups excluding carboxylic acids is 2. The molecule has 0 saturated carbocycles. The van der Waals surface area contributed by atoms with Crippen LogP contribution in [0.5, 0.6) is 0 Å². The molecule has 3 rings (SSSR count). The van der Waals surface area contributed by atoms with E-state index in [1.807, 2.05) is 4.90 Å². The van der Waals surface area contributed by atoms with Crippen molar-refractivity contribution in [2.75, 3.05) is 18.0 Å². The average molecular weight is 414 g/mol. The molecule has 1 amide bonds. The van der Waals surface area contributed by atoms with Crippen molar-refractivity contribution in [2.45, 2.75) is 32.4 Å². The highest BCUT2D eigenvalue weighted by Crippen LogP contribution is 2.26. The van der Waals surface area contributed by atoms with Crippen LogP contribution >= 0.6 is 0 Å². The number of hydrogen-bond acceptors (Lipinski definition) is 7. The van der Waals surface area contributed by atoms with E-state index < -0.39 is 11.8 Å². The molecule has 0 radical (unpaired) electrons. The van der Waals surface area contributed by atoms with Crippen LogP contribution in [0.1, 0.15) is 25.3 Å². The van der Waals surface area contributed by atoms with Crippen LogP contribution in [0.4, 0.5) is 10.3 Å². The molecule has 1 aliphatic heterocycles. The van der Waals surface area contributed by atoms with Gasteiger partial charge in [-0.25, -0.2) is 14.4 Å². The zero-order valence-electron chi connectivity index (χ0n) is 16.5. The molecule has 0 bridgehead atoms. The van der Waals surface area contributed by atoms with Crippen molar-refractivity contribution in [1.82, 2.24) is 15.3 Å². The molecule has 10 heteroatoms. The normalized spacial score (nSPS) is 15.7. The van der Waals surface area contributed by atoms with Crippen LogP contribution in [0.2, 0.25) is 0 Å². The Balaban J connectivity index is 1.68. The number of anilines is 1. The number of carbonyl (C=O) groups is 2. The Morgan fingerprint density at radius 1 is 1.37 bits per heavy atom. The highest BCUT2D eigenvalue weighted by atomic mass is 19.1.